The number of anilines is 2. The summed E-state index contributed by atoms with van der Waals surface area (Å²) in [5.74, 6) is -0.300. The number of aromatic nitrogens is 5. The number of hydrogen-bond donors (Lipinski definition) is 3. The van der Waals surface area contributed by atoms with Crippen molar-refractivity contribution in [3.8, 4) is 11.6 Å². The minimum Gasteiger partial charge on any atom is -0.508 e. The van der Waals surface area contributed by atoms with E-state index in [1.165, 1.54) is 23.0 Å². The maximum Gasteiger partial charge on any atom is 0.293 e. The number of carbonyl (C=O) groups is 1. The van der Waals surface area contributed by atoms with Crippen LogP contribution in [0.15, 0.2) is 64.3 Å². The summed E-state index contributed by atoms with van der Waals surface area (Å²) in [4.78, 5) is 14.7. The van der Waals surface area contributed by atoms with Crippen LogP contribution in [0.2, 0.25) is 0 Å². The maximum absolute atomic E-state index is 12.8. The van der Waals surface area contributed by atoms with Gasteiger partial charge in [-0.1, -0.05) is 23.4 Å². The summed E-state index contributed by atoms with van der Waals surface area (Å²) >= 11 is 0. The Morgan fingerprint density at radius 3 is 2.66 bits per heavy atom. The highest BCUT2D eigenvalue weighted by Crippen LogP contribution is 2.20. The summed E-state index contributed by atoms with van der Waals surface area (Å²) < 4.78 is 5.98. The third kappa shape index (κ3) is 4.38. The van der Waals surface area contributed by atoms with Gasteiger partial charge in [-0.2, -0.15) is 9.78 Å². The third-order valence-electron chi connectivity index (χ3n) is 4.53. The van der Waals surface area contributed by atoms with Crippen LogP contribution in [0.3, 0.4) is 0 Å². The fraction of sp³-hybridized carbons (Fsp3) is 0.100. The number of nitrogens with zero attached hydrogens (tertiary/aromatic N) is 7. The number of phenolic OH excluding ortho intramolecular Hbond substituents is 1. The molecule has 2 aromatic heterocycles. The fourth-order valence-electron chi connectivity index (χ4n) is 2.90. The van der Waals surface area contributed by atoms with Crippen LogP contribution in [0.25, 0.3) is 5.82 Å². The van der Waals surface area contributed by atoms with Crippen molar-refractivity contribution in [2.24, 2.45) is 5.10 Å². The van der Waals surface area contributed by atoms with E-state index in [1.807, 2.05) is 42.3 Å². The zero-order valence-electron chi connectivity index (χ0n) is 17.0. The van der Waals surface area contributed by atoms with Gasteiger partial charge in [-0.15, -0.1) is 5.10 Å². The van der Waals surface area contributed by atoms with E-state index >= 15 is 0 Å². The highest BCUT2D eigenvalue weighted by Gasteiger charge is 2.25. The maximum atomic E-state index is 12.8. The predicted molar refractivity (Wildman–Crippen MR) is 115 cm³/mol. The monoisotopic (exact) mass is 433 g/mol. The fourth-order valence-corrected chi connectivity index (χ4v) is 2.90. The number of para-hydroxylation sites is 1. The number of phenols is 1. The van der Waals surface area contributed by atoms with E-state index in [0.717, 1.165) is 5.69 Å². The van der Waals surface area contributed by atoms with Gasteiger partial charge >= 0.3 is 0 Å². The van der Waals surface area contributed by atoms with E-state index in [2.05, 4.69) is 35.8 Å². The molecule has 0 aliphatic carbocycles. The molecule has 0 fully saturated rings. The number of benzene rings is 2. The van der Waals surface area contributed by atoms with Crippen molar-refractivity contribution >= 4 is 23.6 Å². The SMILES string of the molecule is CN(Cc1c(C(=O)NN=Cc2ccc(O)cc2)nnn1-c1nonc1N)c1ccccc1. The number of hydrazone groups is 1. The Kier molecular flexibility index (Phi) is 5.74. The first kappa shape index (κ1) is 20.5. The number of hydrogen-bond acceptors (Lipinski definition) is 10. The average Bonchev–Trinajstić information content (AvgIpc) is 3.41. The summed E-state index contributed by atoms with van der Waals surface area (Å²) in [5, 5.41) is 28.6. The molecule has 0 bridgehead atoms. The highest BCUT2D eigenvalue weighted by atomic mass is 16.6. The second kappa shape index (κ2) is 8.95. The van der Waals surface area contributed by atoms with Gasteiger partial charge in [-0.05, 0) is 52.3 Å². The molecule has 12 nitrogen and oxygen atoms in total. The quantitative estimate of drug-likeness (QED) is 0.288. The van der Waals surface area contributed by atoms with Crippen LogP contribution in [-0.4, -0.2) is 49.6 Å². The summed E-state index contributed by atoms with van der Waals surface area (Å²) in [5.41, 5.74) is 10.3. The molecule has 162 valence electrons. The molecule has 2 aromatic carbocycles. The van der Waals surface area contributed by atoms with E-state index in [0.29, 0.717) is 11.3 Å². The van der Waals surface area contributed by atoms with Crippen molar-refractivity contribution in [2.45, 2.75) is 6.54 Å². The van der Waals surface area contributed by atoms with E-state index in [-0.39, 0.29) is 29.6 Å². The molecule has 4 N–H and O–H groups in total. The van der Waals surface area contributed by atoms with Crippen LogP contribution in [0.5, 0.6) is 5.75 Å². The van der Waals surface area contributed by atoms with Crippen LogP contribution in [0, 0.1) is 0 Å². The van der Waals surface area contributed by atoms with Crippen LogP contribution in [-0.2, 0) is 6.54 Å². The second-order valence-electron chi connectivity index (χ2n) is 6.75. The van der Waals surface area contributed by atoms with Gasteiger partial charge in [0.15, 0.2) is 5.69 Å². The molecule has 4 aromatic rings. The smallest absolute Gasteiger partial charge is 0.293 e. The van der Waals surface area contributed by atoms with E-state index in [4.69, 9.17) is 5.73 Å². The Bertz CT molecular complexity index is 1230. The van der Waals surface area contributed by atoms with Crippen molar-refractivity contribution in [3.63, 3.8) is 0 Å². The first-order chi connectivity index (χ1) is 15.5. The largest absolute Gasteiger partial charge is 0.508 e. The Hall–Kier alpha value is -4.74. The normalized spacial score (nSPS) is 11.0. The van der Waals surface area contributed by atoms with Crippen molar-refractivity contribution in [3.05, 3.63) is 71.5 Å². The van der Waals surface area contributed by atoms with Crippen molar-refractivity contribution in [1.82, 2.24) is 30.7 Å². The highest BCUT2D eigenvalue weighted by molar-refractivity contribution is 5.94. The zero-order chi connectivity index (χ0) is 22.5. The van der Waals surface area contributed by atoms with Gasteiger partial charge < -0.3 is 15.7 Å². The first-order valence-corrected chi connectivity index (χ1v) is 9.44. The van der Waals surface area contributed by atoms with Crippen molar-refractivity contribution < 1.29 is 14.5 Å². The number of carbonyl (C=O) groups excluding carboxylic acids is 1. The summed E-state index contributed by atoms with van der Waals surface area (Å²) in [6.45, 7) is 0.258. The van der Waals surface area contributed by atoms with Gasteiger partial charge in [-0.25, -0.2) is 10.1 Å². The summed E-state index contributed by atoms with van der Waals surface area (Å²) in [7, 11) is 1.86. The number of nitrogens with one attached hydrogen (secondary N) is 1. The standard InChI is InChI=1S/C20H19N9O3/c1-28(14-5-3-2-4-6-14)12-16-17(23-27-29(16)19-18(21)25-32-26-19)20(31)24-22-11-13-7-9-15(30)10-8-13/h2-11,30H,12H2,1H3,(H2,21,25)(H,24,31). The molecule has 32 heavy (non-hydrogen) atoms. The van der Waals surface area contributed by atoms with Gasteiger partial charge in [0.1, 0.15) is 5.75 Å². The van der Waals surface area contributed by atoms with Crippen LogP contribution >= 0.6 is 0 Å². The molecule has 0 spiro atoms. The molecule has 0 saturated carbocycles. The molecule has 0 unspecified atom stereocenters. The van der Waals surface area contributed by atoms with Crippen molar-refractivity contribution in [2.75, 3.05) is 17.7 Å². The average molecular weight is 433 g/mol. The Morgan fingerprint density at radius 2 is 1.97 bits per heavy atom. The molecular formula is C20H19N9O3. The lowest BCUT2D eigenvalue weighted by atomic mass is 10.2. The number of nitrogens with two attached hydrogens (primary N) is 1. The van der Waals surface area contributed by atoms with Gasteiger partial charge in [0, 0.05) is 12.7 Å². The van der Waals surface area contributed by atoms with Gasteiger partial charge in [0.2, 0.25) is 11.6 Å². The number of rotatable bonds is 7. The van der Waals surface area contributed by atoms with Gasteiger partial charge in [0.25, 0.3) is 5.91 Å². The number of aromatic hydroxyl groups is 1. The molecule has 0 aliphatic heterocycles. The van der Waals surface area contributed by atoms with E-state index < -0.39 is 5.91 Å². The van der Waals surface area contributed by atoms with Crippen LogP contribution < -0.4 is 16.1 Å². The number of amides is 1. The van der Waals surface area contributed by atoms with Crippen molar-refractivity contribution in [1.29, 1.82) is 0 Å². The predicted octanol–water partition coefficient (Wildman–Crippen LogP) is 1.34. The Balaban J connectivity index is 1.61. The van der Waals surface area contributed by atoms with Gasteiger partial charge in [-0.3, -0.25) is 4.79 Å². The molecule has 0 aliphatic rings. The van der Waals surface area contributed by atoms with Gasteiger partial charge in [0.05, 0.1) is 18.5 Å². The first-order valence-electron chi connectivity index (χ1n) is 9.44. The third-order valence-corrected chi connectivity index (χ3v) is 4.53. The topological polar surface area (TPSA) is 161 Å². The summed E-state index contributed by atoms with van der Waals surface area (Å²) in [6, 6.07) is 15.9. The van der Waals surface area contributed by atoms with Crippen LogP contribution in [0.1, 0.15) is 21.7 Å². The summed E-state index contributed by atoms with van der Waals surface area (Å²) in [6.07, 6.45) is 1.44. The Labute approximate surface area is 181 Å². The number of nitrogen functional groups attached to an aromatic ring is 1. The zero-order valence-corrected chi connectivity index (χ0v) is 17.0. The van der Waals surface area contributed by atoms with E-state index in [1.54, 1.807) is 12.1 Å². The molecule has 12 heteroatoms. The lowest BCUT2D eigenvalue weighted by Gasteiger charge is -2.19. The lowest BCUT2D eigenvalue weighted by molar-refractivity contribution is 0.0949. The Morgan fingerprint density at radius 1 is 1.22 bits per heavy atom. The molecule has 0 atom stereocenters. The molecule has 1 amide bonds. The molecule has 0 radical (unpaired) electrons. The minimum atomic E-state index is -0.572. The van der Waals surface area contributed by atoms with E-state index in [9.17, 15) is 9.90 Å². The minimum absolute atomic E-state index is 0.0100. The molecule has 4 rings (SSSR count). The second-order valence-corrected chi connectivity index (χ2v) is 6.75. The van der Waals surface area contributed by atoms with Crippen LogP contribution in [0.4, 0.5) is 11.5 Å². The molecular weight excluding hydrogens is 414 g/mol. The molecule has 0 saturated heterocycles. The lowest BCUT2D eigenvalue weighted by Crippen LogP contribution is -2.24. The molecule has 2 heterocycles.